The molecule has 6 heteroatoms. The maximum Gasteiger partial charge on any atom is 0.339 e. The molecular weight excluding hydrogens is 368 g/mol. The number of hydrogen-bond acceptors (Lipinski definition) is 6. The summed E-state index contributed by atoms with van der Waals surface area (Å²) in [6.07, 6.45) is 1.78. The van der Waals surface area contributed by atoms with Crippen molar-refractivity contribution in [2.75, 3.05) is 20.0 Å². The van der Waals surface area contributed by atoms with Gasteiger partial charge in [0.25, 0.3) is 0 Å². The molecule has 0 fully saturated rings. The molecule has 6 nitrogen and oxygen atoms in total. The van der Waals surface area contributed by atoms with Gasteiger partial charge in [0, 0.05) is 11.9 Å². The minimum atomic E-state index is -0.392. The lowest BCUT2D eigenvalue weighted by molar-refractivity contribution is 0.0591. The fourth-order valence-electron chi connectivity index (χ4n) is 2.41. The van der Waals surface area contributed by atoms with Crippen molar-refractivity contribution in [3.8, 4) is 0 Å². The molecule has 2 N–H and O–H groups in total. The Morgan fingerprint density at radius 3 is 2.00 bits per heavy atom. The first-order valence-corrected chi connectivity index (χ1v) is 9.63. The van der Waals surface area contributed by atoms with Crippen LogP contribution in [0.1, 0.15) is 65.1 Å². The van der Waals surface area contributed by atoms with Crippen LogP contribution in [-0.2, 0) is 16.0 Å². The van der Waals surface area contributed by atoms with E-state index in [4.69, 9.17) is 5.73 Å². The van der Waals surface area contributed by atoms with Gasteiger partial charge in [-0.05, 0) is 35.7 Å². The second-order valence-corrected chi connectivity index (χ2v) is 5.36. The Morgan fingerprint density at radius 2 is 1.41 bits per heavy atom. The SMILES string of the molecule is CC.CC.COC(=O)c1cccc(C)c1N.COC(=O)c1cccc2c1CN=C2. The normalized spacial score (nSPS) is 10.0. The Hall–Kier alpha value is -3.15. The van der Waals surface area contributed by atoms with E-state index in [1.165, 1.54) is 14.2 Å². The number of carbonyl (C=O) groups excluding carboxylic acids is 2. The second-order valence-electron chi connectivity index (χ2n) is 5.36. The number of aryl methyl sites for hydroxylation is 1. The van der Waals surface area contributed by atoms with Crippen LogP contribution in [0.15, 0.2) is 41.4 Å². The third kappa shape index (κ3) is 7.07. The highest BCUT2D eigenvalue weighted by atomic mass is 16.5. The van der Waals surface area contributed by atoms with Crippen LogP contribution in [0.3, 0.4) is 0 Å². The number of nitrogens with two attached hydrogens (primary N) is 1. The number of fused-ring (bicyclic) bond motifs is 1. The lowest BCUT2D eigenvalue weighted by Crippen LogP contribution is -2.06. The van der Waals surface area contributed by atoms with Gasteiger partial charge in [0.2, 0.25) is 0 Å². The Kier molecular flexibility index (Phi) is 12.4. The minimum absolute atomic E-state index is 0.289. The molecule has 158 valence electrons. The van der Waals surface area contributed by atoms with E-state index in [0.29, 0.717) is 23.4 Å². The first-order chi connectivity index (χ1) is 14.0. The van der Waals surface area contributed by atoms with Crippen molar-refractivity contribution in [3.63, 3.8) is 0 Å². The number of benzene rings is 2. The Bertz CT molecular complexity index is 830. The van der Waals surface area contributed by atoms with Gasteiger partial charge in [-0.15, -0.1) is 0 Å². The summed E-state index contributed by atoms with van der Waals surface area (Å²) in [6, 6.07) is 10.8. The summed E-state index contributed by atoms with van der Waals surface area (Å²) < 4.78 is 9.22. The van der Waals surface area contributed by atoms with Crippen molar-refractivity contribution < 1.29 is 19.1 Å². The van der Waals surface area contributed by atoms with E-state index >= 15 is 0 Å². The molecule has 0 unspecified atom stereocenters. The average molecular weight is 401 g/mol. The molecule has 2 aromatic carbocycles. The number of para-hydroxylation sites is 1. The molecule has 0 amide bonds. The van der Waals surface area contributed by atoms with Crippen molar-refractivity contribution in [2.45, 2.75) is 41.2 Å². The summed E-state index contributed by atoms with van der Waals surface area (Å²) in [4.78, 5) is 26.5. The molecule has 0 saturated carbocycles. The van der Waals surface area contributed by atoms with Crippen molar-refractivity contribution in [1.29, 1.82) is 0 Å². The third-order valence-corrected chi connectivity index (χ3v) is 3.83. The van der Waals surface area contributed by atoms with Gasteiger partial charge < -0.3 is 15.2 Å². The van der Waals surface area contributed by atoms with E-state index in [0.717, 1.165) is 16.7 Å². The van der Waals surface area contributed by atoms with Crippen molar-refractivity contribution in [1.82, 2.24) is 0 Å². The van der Waals surface area contributed by atoms with Gasteiger partial charge in [-0.3, -0.25) is 4.99 Å². The number of hydrogen-bond donors (Lipinski definition) is 1. The van der Waals surface area contributed by atoms with Gasteiger partial charge in [-0.25, -0.2) is 9.59 Å². The summed E-state index contributed by atoms with van der Waals surface area (Å²) in [6.45, 7) is 10.4. The fraction of sp³-hybridized carbons (Fsp3) is 0.348. The predicted octanol–water partition coefficient (Wildman–Crippen LogP) is 4.82. The van der Waals surface area contributed by atoms with Crippen LogP contribution < -0.4 is 5.73 Å². The highest BCUT2D eigenvalue weighted by molar-refractivity contribution is 5.96. The van der Waals surface area contributed by atoms with Crippen LogP contribution in [0, 0.1) is 6.92 Å². The number of anilines is 1. The highest BCUT2D eigenvalue weighted by Gasteiger charge is 2.16. The molecule has 0 spiro atoms. The smallest absolute Gasteiger partial charge is 0.339 e. The van der Waals surface area contributed by atoms with Gasteiger partial charge in [0.05, 0.1) is 31.9 Å². The first kappa shape index (κ1) is 25.9. The second kappa shape index (κ2) is 13.9. The topological polar surface area (TPSA) is 91.0 Å². The summed E-state index contributed by atoms with van der Waals surface area (Å²) in [5.41, 5.74) is 10.1. The lowest BCUT2D eigenvalue weighted by Gasteiger charge is -2.04. The van der Waals surface area contributed by atoms with Gasteiger partial charge in [-0.1, -0.05) is 52.0 Å². The van der Waals surface area contributed by atoms with Crippen LogP contribution in [0.2, 0.25) is 0 Å². The van der Waals surface area contributed by atoms with Crippen LogP contribution in [0.25, 0.3) is 0 Å². The molecule has 1 aliphatic heterocycles. The molecule has 0 atom stereocenters. The van der Waals surface area contributed by atoms with E-state index in [9.17, 15) is 9.59 Å². The molecule has 29 heavy (non-hydrogen) atoms. The molecule has 2 aromatic rings. The number of nitrogen functional groups attached to an aromatic ring is 1. The first-order valence-electron chi connectivity index (χ1n) is 9.63. The standard InChI is InChI=1S/C10H9NO2.C9H11NO2.2C2H6/c1-13-10(12)8-4-2-3-7-5-11-6-9(7)8;1-6-4-3-5-7(8(6)10)9(11)12-2;2*1-2/h2-5H,6H2,1H3;3-5H,10H2,1-2H3;2*1-2H3. The Morgan fingerprint density at radius 1 is 0.897 bits per heavy atom. The van der Waals surface area contributed by atoms with Gasteiger partial charge in [-0.2, -0.15) is 0 Å². The lowest BCUT2D eigenvalue weighted by atomic mass is 10.0. The molecule has 0 saturated heterocycles. The zero-order valence-electron chi connectivity index (χ0n) is 18.4. The Balaban J connectivity index is 0.000000463. The molecular formula is C23H32N2O4. The van der Waals surface area contributed by atoms with E-state index < -0.39 is 5.97 Å². The summed E-state index contributed by atoms with van der Waals surface area (Å²) in [5, 5.41) is 0. The van der Waals surface area contributed by atoms with Gasteiger partial charge >= 0.3 is 11.9 Å². The Labute approximate surface area is 173 Å². The average Bonchev–Trinajstić information content (AvgIpc) is 3.27. The molecule has 1 heterocycles. The number of rotatable bonds is 2. The highest BCUT2D eigenvalue weighted by Crippen LogP contribution is 2.19. The molecule has 0 aliphatic carbocycles. The van der Waals surface area contributed by atoms with Crippen LogP contribution in [0.4, 0.5) is 5.69 Å². The molecule has 0 bridgehead atoms. The van der Waals surface area contributed by atoms with Gasteiger partial charge in [0.1, 0.15) is 0 Å². The number of nitrogens with zero attached hydrogens (tertiary/aromatic N) is 1. The van der Waals surface area contributed by atoms with Crippen molar-refractivity contribution >= 4 is 23.8 Å². The summed E-state index contributed by atoms with van der Waals surface area (Å²) in [7, 11) is 2.72. The maximum atomic E-state index is 11.3. The fourth-order valence-corrected chi connectivity index (χ4v) is 2.41. The number of esters is 2. The summed E-state index contributed by atoms with van der Waals surface area (Å²) >= 11 is 0. The molecule has 3 rings (SSSR count). The van der Waals surface area contributed by atoms with Crippen molar-refractivity contribution in [2.24, 2.45) is 4.99 Å². The number of aliphatic imine (C=N–C) groups is 1. The van der Waals surface area contributed by atoms with Crippen LogP contribution in [0.5, 0.6) is 0 Å². The number of carbonyl (C=O) groups is 2. The number of ether oxygens (including phenoxy) is 2. The largest absolute Gasteiger partial charge is 0.465 e. The van der Waals surface area contributed by atoms with E-state index in [1.54, 1.807) is 24.4 Å². The molecule has 0 radical (unpaired) electrons. The van der Waals surface area contributed by atoms with E-state index in [2.05, 4.69) is 14.5 Å². The predicted molar refractivity (Wildman–Crippen MR) is 119 cm³/mol. The minimum Gasteiger partial charge on any atom is -0.465 e. The molecule has 1 aliphatic rings. The molecule has 0 aromatic heterocycles. The maximum absolute atomic E-state index is 11.3. The monoisotopic (exact) mass is 400 g/mol. The number of methoxy groups -OCH3 is 2. The van der Waals surface area contributed by atoms with Crippen LogP contribution in [-0.4, -0.2) is 32.4 Å². The summed E-state index contributed by atoms with van der Waals surface area (Å²) in [5.74, 6) is -0.682. The third-order valence-electron chi connectivity index (χ3n) is 3.83. The quantitative estimate of drug-likeness (QED) is 0.576. The zero-order valence-corrected chi connectivity index (χ0v) is 18.4. The van der Waals surface area contributed by atoms with E-state index in [-0.39, 0.29) is 5.97 Å². The van der Waals surface area contributed by atoms with Crippen molar-refractivity contribution in [3.05, 3.63) is 64.2 Å². The van der Waals surface area contributed by atoms with Crippen LogP contribution >= 0.6 is 0 Å². The van der Waals surface area contributed by atoms with E-state index in [1.807, 2.05) is 52.8 Å². The zero-order chi connectivity index (χ0) is 22.4. The van der Waals surface area contributed by atoms with Gasteiger partial charge in [0.15, 0.2) is 0 Å².